The van der Waals surface area contributed by atoms with E-state index in [2.05, 4.69) is 15.6 Å². The molecule has 0 atom stereocenters. The van der Waals surface area contributed by atoms with Crippen LogP contribution in [0.25, 0.3) is 0 Å². The Kier molecular flexibility index (Phi) is 11.8. The lowest BCUT2D eigenvalue weighted by atomic mass is 10.2. The summed E-state index contributed by atoms with van der Waals surface area (Å²) in [4.78, 5) is 1.83. The van der Waals surface area contributed by atoms with Crippen LogP contribution in [0.15, 0.2) is 0 Å². The molecule has 0 spiro atoms. The van der Waals surface area contributed by atoms with E-state index in [1.54, 1.807) is 0 Å². The summed E-state index contributed by atoms with van der Waals surface area (Å²) in [5, 5.41) is 10.3. The van der Waals surface area contributed by atoms with Gasteiger partial charge in [0.05, 0.1) is 64.6 Å². The van der Waals surface area contributed by atoms with E-state index in [-0.39, 0.29) is 30.6 Å². The summed E-state index contributed by atoms with van der Waals surface area (Å²) in [5.41, 5.74) is 0.211. The molecule has 1 aromatic rings. The second kappa shape index (κ2) is 14.0. The number of hydrogen-bond donors (Lipinski definition) is 1. The molecule has 1 N–H and O–H groups in total. The predicted octanol–water partition coefficient (Wildman–Crippen LogP) is -1.07. The Hall–Kier alpha value is -1.22. The van der Waals surface area contributed by atoms with Crippen molar-refractivity contribution >= 4 is 9.84 Å². The maximum absolute atomic E-state index is 14.3. The largest absolute Gasteiger partial charge is 0.378 e. The normalized spacial score (nSPS) is 15.5. The predicted molar refractivity (Wildman–Crippen MR) is 111 cm³/mol. The monoisotopic (exact) mass is 467 g/mol. The Morgan fingerprint density at radius 3 is 2.10 bits per heavy atom. The Labute approximate surface area is 183 Å². The maximum atomic E-state index is 14.3. The molecular formula is C18H34FN5O6S. The Morgan fingerprint density at radius 1 is 1.00 bits per heavy atom. The molecular weight excluding hydrogens is 433 g/mol. The fourth-order valence-corrected chi connectivity index (χ4v) is 3.76. The van der Waals surface area contributed by atoms with Crippen LogP contribution in [0.3, 0.4) is 0 Å². The van der Waals surface area contributed by atoms with Crippen LogP contribution >= 0.6 is 0 Å². The zero-order valence-electron chi connectivity index (χ0n) is 18.3. The van der Waals surface area contributed by atoms with Crippen molar-refractivity contribution in [1.82, 2.24) is 25.2 Å². The molecule has 1 aliphatic rings. The van der Waals surface area contributed by atoms with Gasteiger partial charge in [0.2, 0.25) is 5.95 Å². The van der Waals surface area contributed by atoms with Gasteiger partial charge in [-0.1, -0.05) is 5.21 Å². The third kappa shape index (κ3) is 9.85. The standard InChI is InChI=1S/C18H34FN5O6S/c1-20-3-5-27-7-9-29-11-12-30-10-8-28-6-4-24-18(19)17(21-22-24)15-23-13-16(14-23)31(2,25)26/h16,20H,3-15H2,1-2H3. The average Bonchev–Trinajstić information content (AvgIpc) is 3.03. The second-order valence-electron chi connectivity index (χ2n) is 7.25. The van der Waals surface area contributed by atoms with Crippen LogP contribution in [-0.4, -0.2) is 119 Å². The van der Waals surface area contributed by atoms with Crippen LogP contribution in [0, 0.1) is 5.95 Å². The van der Waals surface area contributed by atoms with E-state index in [4.69, 9.17) is 18.9 Å². The number of hydrogen-bond acceptors (Lipinski definition) is 10. The fraction of sp³-hybridized carbons (Fsp3) is 0.889. The number of ether oxygens (including phenoxy) is 4. The number of sulfone groups is 1. The highest BCUT2D eigenvalue weighted by atomic mass is 32.2. The first kappa shape index (κ1) is 26.0. The Balaban J connectivity index is 1.45. The van der Waals surface area contributed by atoms with Gasteiger partial charge in [-0.3, -0.25) is 4.90 Å². The second-order valence-corrected chi connectivity index (χ2v) is 9.57. The van der Waals surface area contributed by atoms with E-state index in [1.165, 1.54) is 6.26 Å². The van der Waals surface area contributed by atoms with Crippen molar-refractivity contribution in [2.45, 2.75) is 18.3 Å². The van der Waals surface area contributed by atoms with Crippen LogP contribution in [0.4, 0.5) is 4.39 Å². The lowest BCUT2D eigenvalue weighted by Crippen LogP contribution is -2.53. The zero-order chi connectivity index (χ0) is 22.5. The summed E-state index contributed by atoms with van der Waals surface area (Å²) in [6, 6.07) is 0. The molecule has 180 valence electrons. The minimum Gasteiger partial charge on any atom is -0.378 e. The topological polar surface area (TPSA) is 117 Å². The highest BCUT2D eigenvalue weighted by Gasteiger charge is 2.35. The minimum absolute atomic E-state index is 0.211. The van der Waals surface area contributed by atoms with E-state index in [0.29, 0.717) is 59.3 Å². The first-order valence-electron chi connectivity index (χ1n) is 10.4. The minimum atomic E-state index is -3.05. The van der Waals surface area contributed by atoms with Crippen molar-refractivity contribution in [3.63, 3.8) is 0 Å². The molecule has 31 heavy (non-hydrogen) atoms. The van der Waals surface area contributed by atoms with Crippen LogP contribution in [0.5, 0.6) is 0 Å². The Morgan fingerprint density at radius 2 is 1.55 bits per heavy atom. The average molecular weight is 468 g/mol. The molecule has 1 saturated heterocycles. The van der Waals surface area contributed by atoms with E-state index >= 15 is 0 Å². The Bertz CT molecular complexity index is 729. The first-order chi connectivity index (χ1) is 14.9. The highest BCUT2D eigenvalue weighted by Crippen LogP contribution is 2.18. The number of nitrogens with one attached hydrogen (secondary N) is 1. The SMILES string of the molecule is CNCCOCCOCCOCCOCCn1nnc(CN2CC(S(C)(=O)=O)C2)c1F. The van der Waals surface area contributed by atoms with Crippen LogP contribution in [0.1, 0.15) is 5.69 Å². The molecule has 0 amide bonds. The van der Waals surface area contributed by atoms with Gasteiger partial charge in [-0.2, -0.15) is 4.39 Å². The van der Waals surface area contributed by atoms with Crippen molar-refractivity contribution < 1.29 is 31.8 Å². The van der Waals surface area contributed by atoms with E-state index < -0.39 is 15.8 Å². The lowest BCUT2D eigenvalue weighted by molar-refractivity contribution is -0.00256. The van der Waals surface area contributed by atoms with Gasteiger partial charge in [-0.15, -0.1) is 5.10 Å². The fourth-order valence-electron chi connectivity index (χ4n) is 2.80. The number of nitrogens with zero attached hydrogens (tertiary/aromatic N) is 4. The molecule has 1 fully saturated rings. The van der Waals surface area contributed by atoms with Gasteiger partial charge in [0, 0.05) is 32.4 Å². The van der Waals surface area contributed by atoms with Crippen LogP contribution < -0.4 is 5.32 Å². The number of rotatable bonds is 18. The van der Waals surface area contributed by atoms with Gasteiger partial charge < -0.3 is 24.3 Å². The summed E-state index contributed by atoms with van der Waals surface area (Å²) >= 11 is 0. The molecule has 1 aliphatic heterocycles. The molecule has 0 saturated carbocycles. The molecule has 0 aliphatic carbocycles. The number of likely N-dealkylation sites (tertiary alicyclic amines) is 1. The van der Waals surface area contributed by atoms with Crippen molar-refractivity contribution in [2.24, 2.45) is 0 Å². The van der Waals surface area contributed by atoms with Gasteiger partial charge in [0.1, 0.15) is 5.69 Å². The third-order valence-corrected chi connectivity index (χ3v) is 6.21. The number of halogens is 1. The smallest absolute Gasteiger partial charge is 0.236 e. The van der Waals surface area contributed by atoms with Gasteiger partial charge >= 0.3 is 0 Å². The summed E-state index contributed by atoms with van der Waals surface area (Å²) in [5.74, 6) is -0.519. The molecule has 0 bridgehead atoms. The third-order valence-electron chi connectivity index (χ3n) is 4.70. The molecule has 0 unspecified atom stereocenters. The zero-order valence-corrected chi connectivity index (χ0v) is 19.1. The van der Waals surface area contributed by atoms with Crippen molar-refractivity contribution in [2.75, 3.05) is 85.8 Å². The quantitative estimate of drug-likeness (QED) is 0.268. The molecule has 1 aromatic heterocycles. The summed E-state index contributed by atoms with van der Waals surface area (Å²) < 4.78 is 59.9. The van der Waals surface area contributed by atoms with Gasteiger partial charge in [0.15, 0.2) is 9.84 Å². The number of likely N-dealkylation sites (N-methyl/N-ethyl adjacent to an activating group) is 1. The van der Waals surface area contributed by atoms with E-state index in [9.17, 15) is 12.8 Å². The molecule has 13 heteroatoms. The highest BCUT2D eigenvalue weighted by molar-refractivity contribution is 7.91. The first-order valence-corrected chi connectivity index (χ1v) is 12.3. The summed E-state index contributed by atoms with van der Waals surface area (Å²) in [6.07, 6.45) is 1.22. The van der Waals surface area contributed by atoms with Crippen LogP contribution in [0.2, 0.25) is 0 Å². The van der Waals surface area contributed by atoms with Crippen molar-refractivity contribution in [3.8, 4) is 0 Å². The molecule has 2 rings (SSSR count). The van der Waals surface area contributed by atoms with Crippen molar-refractivity contribution in [3.05, 3.63) is 11.6 Å². The summed E-state index contributed by atoms with van der Waals surface area (Å²) in [7, 11) is -1.17. The van der Waals surface area contributed by atoms with Crippen molar-refractivity contribution in [1.29, 1.82) is 0 Å². The van der Waals surface area contributed by atoms with Gasteiger partial charge in [-0.05, 0) is 7.05 Å². The molecule has 0 aromatic carbocycles. The van der Waals surface area contributed by atoms with Gasteiger partial charge in [0.25, 0.3) is 0 Å². The molecule has 11 nitrogen and oxygen atoms in total. The van der Waals surface area contributed by atoms with Crippen LogP contribution in [-0.2, 0) is 41.9 Å². The van der Waals surface area contributed by atoms with E-state index in [1.807, 2.05) is 11.9 Å². The van der Waals surface area contributed by atoms with Gasteiger partial charge in [-0.25, -0.2) is 13.1 Å². The summed E-state index contributed by atoms with van der Waals surface area (Å²) in [6.45, 7) is 5.89. The maximum Gasteiger partial charge on any atom is 0.236 e. The molecule has 0 radical (unpaired) electrons. The number of aromatic nitrogens is 3. The lowest BCUT2D eigenvalue weighted by Gasteiger charge is -2.37. The molecule has 2 heterocycles. The van der Waals surface area contributed by atoms with E-state index in [0.717, 1.165) is 11.2 Å².